The molecule has 0 aliphatic rings. The number of benzene rings is 1. The van der Waals surface area contributed by atoms with E-state index in [0.29, 0.717) is 0 Å². The van der Waals surface area contributed by atoms with E-state index in [1.807, 2.05) is 25.1 Å². The average Bonchev–Trinajstić information content (AvgIpc) is 2.17. The summed E-state index contributed by atoms with van der Waals surface area (Å²) in [5, 5.41) is 0. The fourth-order valence-corrected chi connectivity index (χ4v) is 1.04. The van der Waals surface area contributed by atoms with Gasteiger partial charge in [-0.3, -0.25) is 0 Å². The number of hydrogen-bond donors (Lipinski definition) is 0. The molecule has 0 spiro atoms. The van der Waals surface area contributed by atoms with Gasteiger partial charge in [0, 0.05) is 0 Å². The summed E-state index contributed by atoms with van der Waals surface area (Å²) >= 11 is 0. The SMILES string of the molecule is C=C(C(C)=CC)c1ccccc1. The summed E-state index contributed by atoms with van der Waals surface area (Å²) in [5.74, 6) is 0. The van der Waals surface area contributed by atoms with Gasteiger partial charge in [0.2, 0.25) is 0 Å². The van der Waals surface area contributed by atoms with Gasteiger partial charge in [0.15, 0.2) is 0 Å². The Labute approximate surface area is 74.2 Å². The molecule has 1 aromatic carbocycles. The van der Waals surface area contributed by atoms with Gasteiger partial charge in [-0.15, -0.1) is 0 Å². The fourth-order valence-electron chi connectivity index (χ4n) is 1.04. The summed E-state index contributed by atoms with van der Waals surface area (Å²) in [4.78, 5) is 0. The van der Waals surface area contributed by atoms with Crippen LogP contribution in [0.1, 0.15) is 19.4 Å². The molecular formula is C12H14. The minimum atomic E-state index is 1.11. The first-order chi connectivity index (χ1) is 5.75. The van der Waals surface area contributed by atoms with Crippen LogP contribution in [-0.4, -0.2) is 0 Å². The van der Waals surface area contributed by atoms with Gasteiger partial charge in [-0.25, -0.2) is 0 Å². The highest BCUT2D eigenvalue weighted by molar-refractivity contribution is 5.76. The minimum Gasteiger partial charge on any atom is -0.0909 e. The third-order valence-corrected chi connectivity index (χ3v) is 2.03. The standard InChI is InChI=1S/C12H14/c1-4-10(2)11(3)12-8-6-5-7-9-12/h4-9H,3H2,1-2H3. The molecule has 0 bridgehead atoms. The van der Waals surface area contributed by atoms with Crippen molar-refractivity contribution in [2.75, 3.05) is 0 Å². The summed E-state index contributed by atoms with van der Waals surface area (Å²) in [6, 6.07) is 10.2. The monoisotopic (exact) mass is 158 g/mol. The van der Waals surface area contributed by atoms with Crippen molar-refractivity contribution in [3.05, 3.63) is 54.1 Å². The Kier molecular flexibility index (Phi) is 2.87. The Morgan fingerprint density at radius 3 is 2.33 bits per heavy atom. The highest BCUT2D eigenvalue weighted by Gasteiger charge is 1.97. The Bertz CT molecular complexity index is 291. The highest BCUT2D eigenvalue weighted by Crippen LogP contribution is 2.19. The zero-order chi connectivity index (χ0) is 8.97. The molecule has 0 heterocycles. The van der Waals surface area contributed by atoms with E-state index in [4.69, 9.17) is 0 Å². The molecule has 1 aromatic rings. The van der Waals surface area contributed by atoms with E-state index in [-0.39, 0.29) is 0 Å². The topological polar surface area (TPSA) is 0 Å². The first-order valence-corrected chi connectivity index (χ1v) is 4.13. The van der Waals surface area contributed by atoms with Crippen molar-refractivity contribution in [1.82, 2.24) is 0 Å². The van der Waals surface area contributed by atoms with Gasteiger partial charge in [-0.2, -0.15) is 0 Å². The summed E-state index contributed by atoms with van der Waals surface area (Å²) in [5.41, 5.74) is 3.55. The van der Waals surface area contributed by atoms with E-state index in [1.54, 1.807) is 0 Å². The lowest BCUT2D eigenvalue weighted by atomic mass is 10.0. The zero-order valence-corrected chi connectivity index (χ0v) is 7.67. The Balaban J connectivity index is 2.94. The first-order valence-electron chi connectivity index (χ1n) is 4.13. The molecular weight excluding hydrogens is 144 g/mol. The predicted octanol–water partition coefficient (Wildman–Crippen LogP) is 3.67. The fraction of sp³-hybridized carbons (Fsp3) is 0.167. The molecule has 0 heteroatoms. The van der Waals surface area contributed by atoms with Gasteiger partial charge in [0.05, 0.1) is 0 Å². The predicted molar refractivity (Wildman–Crippen MR) is 54.9 cm³/mol. The van der Waals surface area contributed by atoms with E-state index >= 15 is 0 Å². The normalized spacial score (nSPS) is 11.3. The first kappa shape index (κ1) is 8.79. The van der Waals surface area contributed by atoms with Crippen molar-refractivity contribution in [2.24, 2.45) is 0 Å². The molecule has 0 N–H and O–H groups in total. The van der Waals surface area contributed by atoms with E-state index in [0.717, 1.165) is 5.57 Å². The Hall–Kier alpha value is -1.30. The van der Waals surface area contributed by atoms with Gasteiger partial charge in [-0.1, -0.05) is 43.0 Å². The third kappa shape index (κ3) is 1.85. The molecule has 0 aliphatic carbocycles. The second-order valence-electron chi connectivity index (χ2n) is 2.82. The van der Waals surface area contributed by atoms with E-state index in [1.165, 1.54) is 11.1 Å². The van der Waals surface area contributed by atoms with Crippen LogP contribution in [0.15, 0.2) is 48.6 Å². The summed E-state index contributed by atoms with van der Waals surface area (Å²) < 4.78 is 0. The largest absolute Gasteiger partial charge is 0.0909 e. The van der Waals surface area contributed by atoms with Crippen molar-refractivity contribution in [2.45, 2.75) is 13.8 Å². The summed E-state index contributed by atoms with van der Waals surface area (Å²) in [6.07, 6.45) is 2.08. The number of hydrogen-bond acceptors (Lipinski definition) is 0. The van der Waals surface area contributed by atoms with Crippen LogP contribution >= 0.6 is 0 Å². The maximum Gasteiger partial charge on any atom is -0.0187 e. The van der Waals surface area contributed by atoms with Crippen molar-refractivity contribution in [3.63, 3.8) is 0 Å². The van der Waals surface area contributed by atoms with E-state index in [9.17, 15) is 0 Å². The smallest absolute Gasteiger partial charge is 0.0187 e. The molecule has 0 amide bonds. The van der Waals surface area contributed by atoms with Crippen molar-refractivity contribution in [1.29, 1.82) is 0 Å². The van der Waals surface area contributed by atoms with E-state index in [2.05, 4.69) is 31.7 Å². The quantitative estimate of drug-likeness (QED) is 0.576. The van der Waals surface area contributed by atoms with Crippen molar-refractivity contribution < 1.29 is 0 Å². The molecule has 1 rings (SSSR count). The molecule has 0 unspecified atom stereocenters. The second kappa shape index (κ2) is 3.91. The highest BCUT2D eigenvalue weighted by atomic mass is 14.0. The van der Waals surface area contributed by atoms with Crippen molar-refractivity contribution >= 4 is 5.57 Å². The summed E-state index contributed by atoms with van der Waals surface area (Å²) in [6.45, 7) is 8.14. The molecule has 12 heavy (non-hydrogen) atoms. The lowest BCUT2D eigenvalue weighted by molar-refractivity contribution is 1.47. The van der Waals surface area contributed by atoms with Crippen LogP contribution in [0.4, 0.5) is 0 Å². The maximum atomic E-state index is 4.03. The van der Waals surface area contributed by atoms with Gasteiger partial charge in [0.1, 0.15) is 0 Å². The Morgan fingerprint density at radius 1 is 1.25 bits per heavy atom. The Morgan fingerprint density at radius 2 is 1.83 bits per heavy atom. The van der Waals surface area contributed by atoms with Gasteiger partial charge in [-0.05, 0) is 30.6 Å². The molecule has 0 nitrogen and oxygen atoms in total. The third-order valence-electron chi connectivity index (χ3n) is 2.03. The van der Waals surface area contributed by atoms with Gasteiger partial charge < -0.3 is 0 Å². The van der Waals surface area contributed by atoms with Crippen LogP contribution < -0.4 is 0 Å². The van der Waals surface area contributed by atoms with Crippen LogP contribution in [0, 0.1) is 0 Å². The molecule has 62 valence electrons. The second-order valence-corrected chi connectivity index (χ2v) is 2.82. The molecule has 0 aromatic heterocycles. The average molecular weight is 158 g/mol. The van der Waals surface area contributed by atoms with Crippen LogP contribution in [0.2, 0.25) is 0 Å². The zero-order valence-electron chi connectivity index (χ0n) is 7.67. The van der Waals surface area contributed by atoms with Crippen LogP contribution in [0.3, 0.4) is 0 Å². The minimum absolute atomic E-state index is 1.11. The van der Waals surface area contributed by atoms with Crippen LogP contribution in [0.5, 0.6) is 0 Å². The van der Waals surface area contributed by atoms with Crippen LogP contribution in [-0.2, 0) is 0 Å². The number of allylic oxidation sites excluding steroid dienone is 3. The van der Waals surface area contributed by atoms with Crippen LogP contribution in [0.25, 0.3) is 5.57 Å². The van der Waals surface area contributed by atoms with Gasteiger partial charge >= 0.3 is 0 Å². The van der Waals surface area contributed by atoms with Gasteiger partial charge in [0.25, 0.3) is 0 Å². The summed E-state index contributed by atoms with van der Waals surface area (Å²) in [7, 11) is 0. The molecule has 0 saturated carbocycles. The van der Waals surface area contributed by atoms with Crippen molar-refractivity contribution in [3.8, 4) is 0 Å². The lowest BCUT2D eigenvalue weighted by Gasteiger charge is -2.04. The number of rotatable bonds is 2. The lowest BCUT2D eigenvalue weighted by Crippen LogP contribution is -1.82. The maximum absolute atomic E-state index is 4.03. The van der Waals surface area contributed by atoms with E-state index < -0.39 is 0 Å². The molecule has 0 aliphatic heterocycles. The molecule has 0 atom stereocenters. The molecule has 0 saturated heterocycles. The molecule has 0 fully saturated rings. The molecule has 0 radical (unpaired) electrons.